The third-order valence-electron chi connectivity index (χ3n) is 2.23. The first-order chi connectivity index (χ1) is 9.81. The molecule has 0 fully saturated rings. The van der Waals surface area contributed by atoms with Gasteiger partial charge >= 0.3 is 11.5 Å². The zero-order valence-corrected chi connectivity index (χ0v) is 11.8. The monoisotopic (exact) mass is 322 g/mol. The first kappa shape index (κ1) is 17.2. The van der Waals surface area contributed by atoms with E-state index < -0.39 is 11.5 Å². The Morgan fingerprint density at radius 3 is 2.71 bits per heavy atom. The Morgan fingerprint density at radius 2 is 2.14 bits per heavy atom. The highest BCUT2D eigenvalue weighted by Gasteiger charge is 2.27. The van der Waals surface area contributed by atoms with E-state index in [9.17, 15) is 18.0 Å². The molecule has 0 amide bonds. The SMILES string of the molecule is COc1ccc(OCCSC(F)(F)F)c(/C=C/C(=O)O)c1. The van der Waals surface area contributed by atoms with Crippen molar-refractivity contribution in [2.75, 3.05) is 19.5 Å². The Kier molecular flexibility index (Phi) is 6.41. The summed E-state index contributed by atoms with van der Waals surface area (Å²) in [6.45, 7) is -0.148. The number of ether oxygens (including phenoxy) is 2. The van der Waals surface area contributed by atoms with Crippen LogP contribution in [0.25, 0.3) is 6.08 Å². The quantitative estimate of drug-likeness (QED) is 0.616. The fraction of sp³-hybridized carbons (Fsp3) is 0.308. The molecule has 0 heterocycles. The summed E-state index contributed by atoms with van der Waals surface area (Å²) in [4.78, 5) is 10.5. The normalized spacial score (nSPS) is 11.6. The molecule has 0 aromatic heterocycles. The van der Waals surface area contributed by atoms with Crippen LogP contribution in [0.2, 0.25) is 0 Å². The van der Waals surface area contributed by atoms with Crippen LogP contribution < -0.4 is 9.47 Å². The van der Waals surface area contributed by atoms with Crippen molar-refractivity contribution in [3.05, 3.63) is 29.8 Å². The number of carbonyl (C=O) groups is 1. The van der Waals surface area contributed by atoms with Crippen LogP contribution in [0.1, 0.15) is 5.56 Å². The van der Waals surface area contributed by atoms with Crippen molar-refractivity contribution >= 4 is 23.8 Å². The van der Waals surface area contributed by atoms with Crippen LogP contribution in [0.4, 0.5) is 13.2 Å². The molecule has 0 unspecified atom stereocenters. The van der Waals surface area contributed by atoms with Crippen LogP contribution in [0.5, 0.6) is 11.5 Å². The molecule has 116 valence electrons. The summed E-state index contributed by atoms with van der Waals surface area (Å²) < 4.78 is 46.2. The molecule has 0 aliphatic rings. The van der Waals surface area contributed by atoms with Crippen LogP contribution in [-0.2, 0) is 4.79 Å². The number of hydrogen-bond donors (Lipinski definition) is 1. The van der Waals surface area contributed by atoms with E-state index in [2.05, 4.69) is 0 Å². The second kappa shape index (κ2) is 7.82. The molecule has 0 saturated heterocycles. The highest BCUT2D eigenvalue weighted by molar-refractivity contribution is 8.00. The second-order valence-corrected chi connectivity index (χ2v) is 4.88. The van der Waals surface area contributed by atoms with Crippen molar-refractivity contribution in [3.63, 3.8) is 0 Å². The van der Waals surface area contributed by atoms with Gasteiger partial charge in [-0.3, -0.25) is 0 Å². The predicted molar refractivity (Wildman–Crippen MR) is 73.7 cm³/mol. The number of thioether (sulfide) groups is 1. The zero-order chi connectivity index (χ0) is 15.9. The molecule has 1 aromatic carbocycles. The lowest BCUT2D eigenvalue weighted by Crippen LogP contribution is -2.08. The largest absolute Gasteiger partial charge is 0.497 e. The highest BCUT2D eigenvalue weighted by atomic mass is 32.2. The number of alkyl halides is 3. The van der Waals surface area contributed by atoms with Crippen molar-refractivity contribution in [1.29, 1.82) is 0 Å². The summed E-state index contributed by atoms with van der Waals surface area (Å²) in [5, 5.41) is 8.61. The minimum Gasteiger partial charge on any atom is -0.497 e. The van der Waals surface area contributed by atoms with E-state index in [0.717, 1.165) is 6.08 Å². The summed E-state index contributed by atoms with van der Waals surface area (Å²) in [7, 11) is 1.44. The fourth-order valence-electron chi connectivity index (χ4n) is 1.39. The molecule has 0 aliphatic carbocycles. The molecule has 0 atom stereocenters. The van der Waals surface area contributed by atoms with Crippen LogP contribution in [-0.4, -0.2) is 36.1 Å². The van der Waals surface area contributed by atoms with Gasteiger partial charge < -0.3 is 14.6 Å². The van der Waals surface area contributed by atoms with E-state index in [1.54, 1.807) is 6.07 Å². The standard InChI is InChI=1S/C13H13F3O4S/c1-19-10-3-4-11(9(8-10)2-5-12(17)18)20-6-7-21-13(14,15)16/h2-5,8H,6-7H2,1H3,(H,17,18)/b5-2+. The van der Waals surface area contributed by atoms with Crippen molar-refractivity contribution in [2.24, 2.45) is 0 Å². The molecule has 0 spiro atoms. The van der Waals surface area contributed by atoms with Gasteiger partial charge in [0.05, 0.1) is 13.7 Å². The van der Waals surface area contributed by atoms with E-state index in [0.29, 0.717) is 11.3 Å². The molecule has 1 aromatic rings. The van der Waals surface area contributed by atoms with Gasteiger partial charge in [0.15, 0.2) is 0 Å². The molecular weight excluding hydrogens is 309 g/mol. The van der Waals surface area contributed by atoms with Crippen molar-refractivity contribution < 1.29 is 32.5 Å². The van der Waals surface area contributed by atoms with Crippen LogP contribution in [0.15, 0.2) is 24.3 Å². The van der Waals surface area contributed by atoms with Gasteiger partial charge in [-0.2, -0.15) is 13.2 Å². The fourth-order valence-corrected chi connectivity index (χ4v) is 1.78. The summed E-state index contributed by atoms with van der Waals surface area (Å²) in [6.07, 6.45) is 2.20. The minimum atomic E-state index is -4.30. The third kappa shape index (κ3) is 6.94. The number of rotatable bonds is 7. The molecule has 1 N–H and O–H groups in total. The number of carboxylic acid groups (broad SMARTS) is 1. The smallest absolute Gasteiger partial charge is 0.441 e. The molecule has 0 aliphatic heterocycles. The van der Waals surface area contributed by atoms with E-state index in [-0.39, 0.29) is 29.9 Å². The molecule has 0 radical (unpaired) electrons. The van der Waals surface area contributed by atoms with E-state index in [1.165, 1.54) is 25.3 Å². The minimum absolute atomic E-state index is 0.148. The van der Waals surface area contributed by atoms with Crippen LogP contribution in [0, 0.1) is 0 Å². The molecule has 0 saturated carbocycles. The Bertz CT molecular complexity index is 515. The molecule has 1 rings (SSSR count). The number of methoxy groups -OCH3 is 1. The summed E-state index contributed by atoms with van der Waals surface area (Å²) in [5.74, 6) is -0.623. The number of hydrogen-bond acceptors (Lipinski definition) is 4. The maximum absolute atomic E-state index is 12.0. The van der Waals surface area contributed by atoms with Crippen molar-refractivity contribution in [1.82, 2.24) is 0 Å². The molecule has 0 bridgehead atoms. The Hall–Kier alpha value is -1.83. The predicted octanol–water partition coefficient (Wildman–Crippen LogP) is 3.42. The molecule has 4 nitrogen and oxygen atoms in total. The maximum atomic E-state index is 12.0. The summed E-state index contributed by atoms with van der Waals surface area (Å²) in [5.41, 5.74) is -3.89. The van der Waals surface area contributed by atoms with E-state index >= 15 is 0 Å². The lowest BCUT2D eigenvalue weighted by molar-refractivity contribution is -0.131. The maximum Gasteiger partial charge on any atom is 0.441 e. The summed E-state index contributed by atoms with van der Waals surface area (Å²) >= 11 is -0.177. The Balaban J connectivity index is 2.73. The van der Waals surface area contributed by atoms with Crippen LogP contribution in [0.3, 0.4) is 0 Å². The average Bonchev–Trinajstić information content (AvgIpc) is 2.40. The lowest BCUT2D eigenvalue weighted by atomic mass is 10.1. The number of halogens is 3. The first-order valence-corrected chi connectivity index (χ1v) is 6.73. The van der Waals surface area contributed by atoms with E-state index in [1.807, 2.05) is 0 Å². The zero-order valence-electron chi connectivity index (χ0n) is 11.0. The lowest BCUT2D eigenvalue weighted by Gasteiger charge is -2.11. The molecular formula is C13H13F3O4S. The first-order valence-electron chi connectivity index (χ1n) is 5.74. The van der Waals surface area contributed by atoms with Crippen LogP contribution >= 0.6 is 11.8 Å². The Labute approximate surface area is 123 Å². The number of benzene rings is 1. The van der Waals surface area contributed by atoms with Gasteiger partial charge in [-0.15, -0.1) is 0 Å². The van der Waals surface area contributed by atoms with Gasteiger partial charge in [0.25, 0.3) is 0 Å². The second-order valence-electron chi connectivity index (χ2n) is 3.72. The van der Waals surface area contributed by atoms with Gasteiger partial charge in [-0.25, -0.2) is 4.79 Å². The van der Waals surface area contributed by atoms with Gasteiger partial charge in [0.1, 0.15) is 11.5 Å². The van der Waals surface area contributed by atoms with Gasteiger partial charge in [-0.05, 0) is 36.0 Å². The topological polar surface area (TPSA) is 55.8 Å². The Morgan fingerprint density at radius 1 is 1.43 bits per heavy atom. The van der Waals surface area contributed by atoms with Gasteiger partial charge in [-0.1, -0.05) is 0 Å². The van der Waals surface area contributed by atoms with Crippen molar-refractivity contribution in [2.45, 2.75) is 5.51 Å². The third-order valence-corrected chi connectivity index (χ3v) is 2.93. The highest BCUT2D eigenvalue weighted by Crippen LogP contribution is 2.30. The average molecular weight is 322 g/mol. The molecule has 8 heteroatoms. The number of aliphatic carboxylic acids is 1. The number of carboxylic acids is 1. The van der Waals surface area contributed by atoms with Gasteiger partial charge in [0, 0.05) is 17.4 Å². The van der Waals surface area contributed by atoms with Gasteiger partial charge in [0.2, 0.25) is 0 Å². The molecule has 21 heavy (non-hydrogen) atoms. The summed E-state index contributed by atoms with van der Waals surface area (Å²) in [6, 6.07) is 4.62. The van der Waals surface area contributed by atoms with Crippen molar-refractivity contribution in [3.8, 4) is 11.5 Å². The van der Waals surface area contributed by atoms with E-state index in [4.69, 9.17) is 14.6 Å².